The van der Waals surface area contributed by atoms with Crippen LogP contribution in [0.4, 0.5) is 10.1 Å². The SMILES string of the molecule is O=C(CCc1cccc(F)c1)Nc1ccc2c(c1)CCCS2(=O)=O. The van der Waals surface area contributed by atoms with Crippen molar-refractivity contribution >= 4 is 21.4 Å². The second kappa shape index (κ2) is 6.73. The molecular formula is C18H18FNO3S. The maximum absolute atomic E-state index is 13.1. The number of rotatable bonds is 4. The fourth-order valence-electron chi connectivity index (χ4n) is 2.89. The number of benzene rings is 2. The van der Waals surface area contributed by atoms with Crippen LogP contribution < -0.4 is 5.32 Å². The van der Waals surface area contributed by atoms with Crippen molar-refractivity contribution < 1.29 is 17.6 Å². The van der Waals surface area contributed by atoms with Crippen LogP contribution in [0, 0.1) is 5.82 Å². The number of hydrogen-bond acceptors (Lipinski definition) is 3. The van der Waals surface area contributed by atoms with Crippen LogP contribution in [0.15, 0.2) is 47.4 Å². The number of sulfone groups is 1. The van der Waals surface area contributed by atoms with Crippen LogP contribution in [0.5, 0.6) is 0 Å². The Morgan fingerprint density at radius 2 is 2.00 bits per heavy atom. The van der Waals surface area contributed by atoms with Crippen molar-refractivity contribution in [2.45, 2.75) is 30.6 Å². The first-order valence-corrected chi connectivity index (χ1v) is 9.49. The van der Waals surface area contributed by atoms with Gasteiger partial charge < -0.3 is 5.32 Å². The van der Waals surface area contributed by atoms with Gasteiger partial charge in [0.25, 0.3) is 0 Å². The largest absolute Gasteiger partial charge is 0.326 e. The Morgan fingerprint density at radius 1 is 1.17 bits per heavy atom. The number of carbonyl (C=O) groups is 1. The maximum atomic E-state index is 13.1. The van der Waals surface area contributed by atoms with Gasteiger partial charge in [0.05, 0.1) is 10.6 Å². The third-order valence-electron chi connectivity index (χ3n) is 4.07. The zero-order valence-corrected chi connectivity index (χ0v) is 13.9. The van der Waals surface area contributed by atoms with E-state index in [1.807, 2.05) is 0 Å². The van der Waals surface area contributed by atoms with Crippen LogP contribution in [0.3, 0.4) is 0 Å². The molecule has 0 saturated heterocycles. The Kier molecular flexibility index (Phi) is 4.66. The van der Waals surface area contributed by atoms with Gasteiger partial charge in [-0.15, -0.1) is 0 Å². The highest BCUT2D eigenvalue weighted by atomic mass is 32.2. The van der Waals surface area contributed by atoms with Crippen molar-refractivity contribution in [1.29, 1.82) is 0 Å². The zero-order chi connectivity index (χ0) is 17.2. The summed E-state index contributed by atoms with van der Waals surface area (Å²) in [6.07, 6.45) is 1.98. The highest BCUT2D eigenvalue weighted by Crippen LogP contribution is 2.27. The lowest BCUT2D eigenvalue weighted by atomic mass is 10.1. The van der Waals surface area contributed by atoms with Crippen LogP contribution in [0.25, 0.3) is 0 Å². The molecule has 0 atom stereocenters. The van der Waals surface area contributed by atoms with Crippen LogP contribution in [0.2, 0.25) is 0 Å². The second-order valence-electron chi connectivity index (χ2n) is 5.92. The van der Waals surface area contributed by atoms with Gasteiger partial charge in [-0.1, -0.05) is 12.1 Å². The number of carbonyl (C=O) groups excluding carboxylic acids is 1. The fourth-order valence-corrected chi connectivity index (χ4v) is 4.47. The van der Waals surface area contributed by atoms with E-state index in [-0.39, 0.29) is 23.9 Å². The number of aryl methyl sites for hydroxylation is 2. The van der Waals surface area contributed by atoms with Crippen LogP contribution in [-0.2, 0) is 27.5 Å². The standard InChI is InChI=1S/C18H18FNO3S/c19-15-5-1-3-13(11-15)6-9-18(21)20-16-7-8-17-14(12-16)4-2-10-24(17,22)23/h1,3,5,7-8,11-12H,2,4,6,9-10H2,(H,20,21). The van der Waals surface area contributed by atoms with E-state index in [0.717, 1.165) is 11.1 Å². The molecule has 3 rings (SSSR count). The topological polar surface area (TPSA) is 63.2 Å². The normalized spacial score (nSPS) is 15.5. The van der Waals surface area contributed by atoms with Crippen molar-refractivity contribution in [3.63, 3.8) is 0 Å². The first kappa shape index (κ1) is 16.6. The number of nitrogens with one attached hydrogen (secondary N) is 1. The second-order valence-corrected chi connectivity index (χ2v) is 8.00. The van der Waals surface area contributed by atoms with E-state index >= 15 is 0 Å². The van der Waals surface area contributed by atoms with Gasteiger partial charge in [0.15, 0.2) is 9.84 Å². The van der Waals surface area contributed by atoms with Crippen LogP contribution in [0.1, 0.15) is 24.0 Å². The average Bonchev–Trinajstić information content (AvgIpc) is 2.52. The molecule has 2 aromatic rings. The van der Waals surface area contributed by atoms with Crippen molar-refractivity contribution in [3.8, 4) is 0 Å². The van der Waals surface area contributed by atoms with Gasteiger partial charge in [0, 0.05) is 12.1 Å². The van der Waals surface area contributed by atoms with Gasteiger partial charge in [-0.2, -0.15) is 0 Å². The Hall–Kier alpha value is -2.21. The highest BCUT2D eigenvalue weighted by molar-refractivity contribution is 7.91. The van der Waals surface area contributed by atoms with Crippen molar-refractivity contribution in [2.75, 3.05) is 11.1 Å². The zero-order valence-electron chi connectivity index (χ0n) is 13.1. The molecule has 0 fully saturated rings. The fraction of sp³-hybridized carbons (Fsp3) is 0.278. The number of anilines is 1. The molecule has 0 aromatic heterocycles. The first-order chi connectivity index (χ1) is 11.4. The molecule has 1 amide bonds. The third kappa shape index (κ3) is 3.82. The van der Waals surface area contributed by atoms with Crippen molar-refractivity contribution in [3.05, 3.63) is 59.4 Å². The highest BCUT2D eigenvalue weighted by Gasteiger charge is 2.23. The first-order valence-electron chi connectivity index (χ1n) is 7.84. The summed E-state index contributed by atoms with van der Waals surface area (Å²) in [4.78, 5) is 12.4. The molecule has 0 saturated carbocycles. The van der Waals surface area contributed by atoms with Gasteiger partial charge in [-0.25, -0.2) is 12.8 Å². The predicted octanol–water partition coefficient (Wildman–Crippen LogP) is 3.12. The lowest BCUT2D eigenvalue weighted by molar-refractivity contribution is -0.116. The maximum Gasteiger partial charge on any atom is 0.224 e. The van der Waals surface area contributed by atoms with E-state index in [2.05, 4.69) is 5.32 Å². The van der Waals surface area contributed by atoms with Crippen molar-refractivity contribution in [2.24, 2.45) is 0 Å². The van der Waals surface area contributed by atoms with E-state index in [0.29, 0.717) is 29.8 Å². The van der Waals surface area contributed by atoms with E-state index in [4.69, 9.17) is 0 Å². The van der Waals surface area contributed by atoms with Gasteiger partial charge in [0.1, 0.15) is 5.82 Å². The summed E-state index contributed by atoms with van der Waals surface area (Å²) < 4.78 is 37.1. The monoisotopic (exact) mass is 347 g/mol. The minimum atomic E-state index is -3.19. The number of fused-ring (bicyclic) bond motifs is 1. The quantitative estimate of drug-likeness (QED) is 0.924. The third-order valence-corrected chi connectivity index (χ3v) is 5.96. The molecule has 6 heteroatoms. The average molecular weight is 347 g/mol. The Morgan fingerprint density at radius 3 is 2.79 bits per heavy atom. The predicted molar refractivity (Wildman–Crippen MR) is 90.2 cm³/mol. The van der Waals surface area contributed by atoms with E-state index < -0.39 is 9.84 Å². The van der Waals surface area contributed by atoms with Gasteiger partial charge in [-0.3, -0.25) is 4.79 Å². The van der Waals surface area contributed by atoms with E-state index in [1.54, 1.807) is 30.3 Å². The molecule has 126 valence electrons. The summed E-state index contributed by atoms with van der Waals surface area (Å²) in [7, 11) is -3.19. The molecule has 1 aliphatic rings. The number of halogens is 1. The number of hydrogen-bond donors (Lipinski definition) is 1. The number of amides is 1. The Labute approximate surface area is 140 Å². The van der Waals surface area contributed by atoms with E-state index in [1.165, 1.54) is 12.1 Å². The minimum absolute atomic E-state index is 0.180. The molecule has 4 nitrogen and oxygen atoms in total. The Bertz CT molecular complexity index is 878. The lowest BCUT2D eigenvalue weighted by Gasteiger charge is -2.17. The molecule has 1 aliphatic heterocycles. The molecule has 1 heterocycles. The van der Waals surface area contributed by atoms with Crippen LogP contribution >= 0.6 is 0 Å². The summed E-state index contributed by atoms with van der Waals surface area (Å²) in [6.45, 7) is 0. The van der Waals surface area contributed by atoms with Crippen LogP contribution in [-0.4, -0.2) is 20.1 Å². The molecule has 0 unspecified atom stereocenters. The molecular weight excluding hydrogens is 329 g/mol. The molecule has 0 spiro atoms. The van der Waals surface area contributed by atoms with Gasteiger partial charge in [0.2, 0.25) is 5.91 Å². The van der Waals surface area contributed by atoms with Gasteiger partial charge >= 0.3 is 0 Å². The van der Waals surface area contributed by atoms with Crippen molar-refractivity contribution in [1.82, 2.24) is 0 Å². The van der Waals surface area contributed by atoms with Gasteiger partial charge in [-0.05, 0) is 60.7 Å². The summed E-state index contributed by atoms with van der Waals surface area (Å²) in [5, 5.41) is 2.78. The Balaban J connectivity index is 1.65. The minimum Gasteiger partial charge on any atom is -0.326 e. The summed E-state index contributed by atoms with van der Waals surface area (Å²) in [6, 6.07) is 11.1. The summed E-state index contributed by atoms with van der Waals surface area (Å²) in [5.74, 6) is -0.319. The molecule has 24 heavy (non-hydrogen) atoms. The molecule has 0 bridgehead atoms. The lowest BCUT2D eigenvalue weighted by Crippen LogP contribution is -2.17. The molecule has 2 aromatic carbocycles. The molecule has 0 radical (unpaired) electrons. The van der Waals surface area contributed by atoms with E-state index in [9.17, 15) is 17.6 Å². The summed E-state index contributed by atoms with van der Waals surface area (Å²) >= 11 is 0. The smallest absolute Gasteiger partial charge is 0.224 e. The molecule has 0 aliphatic carbocycles. The molecule has 1 N–H and O–H groups in total. The summed E-state index contributed by atoms with van der Waals surface area (Å²) in [5.41, 5.74) is 2.11.